The number of carboxylic acid groups (broad SMARTS) is 1. The van der Waals surface area contributed by atoms with Crippen LogP contribution in [0.5, 0.6) is 5.75 Å². The monoisotopic (exact) mass is 642 g/mol. The van der Waals surface area contributed by atoms with Crippen LogP contribution in [-0.2, 0) is 21.7 Å². The first kappa shape index (κ1) is 33.3. The third-order valence-corrected chi connectivity index (χ3v) is 8.79. The Hall–Kier alpha value is -5.06. The van der Waals surface area contributed by atoms with Crippen molar-refractivity contribution >= 4 is 29.7 Å². The normalized spacial score (nSPS) is 19.1. The molecule has 1 fully saturated rings. The topological polar surface area (TPSA) is 129 Å². The first-order valence-electron chi connectivity index (χ1n) is 16.0. The number of amides is 4. The molecule has 2 aliphatic rings. The van der Waals surface area contributed by atoms with Crippen LogP contribution < -0.4 is 15.0 Å². The predicted octanol–water partition coefficient (Wildman–Crippen LogP) is 5.56. The minimum absolute atomic E-state index is 0.0893. The molecule has 11 heteroatoms. The van der Waals surface area contributed by atoms with E-state index < -0.39 is 17.8 Å². The van der Waals surface area contributed by atoms with Crippen molar-refractivity contribution in [3.05, 3.63) is 95.1 Å². The maximum absolute atomic E-state index is 14.3. The van der Waals surface area contributed by atoms with Crippen molar-refractivity contribution < 1.29 is 33.8 Å². The first-order valence-corrected chi connectivity index (χ1v) is 16.0. The highest BCUT2D eigenvalue weighted by molar-refractivity contribution is 6.05. The number of hydrogen-bond acceptors (Lipinski definition) is 6. The van der Waals surface area contributed by atoms with Gasteiger partial charge in [0.15, 0.2) is 0 Å². The molecular weight excluding hydrogens is 600 g/mol. The number of alkyl carbamates (subject to hydrolysis) is 1. The van der Waals surface area contributed by atoms with Gasteiger partial charge in [-0.2, -0.15) is 0 Å². The number of piperidine rings is 1. The van der Waals surface area contributed by atoms with Gasteiger partial charge in [0.1, 0.15) is 12.4 Å². The highest BCUT2D eigenvalue weighted by Crippen LogP contribution is 2.44. The predicted molar refractivity (Wildman–Crippen MR) is 177 cm³/mol. The number of carbonyl (C=O) groups excluding carboxylic acids is 3. The van der Waals surface area contributed by atoms with Gasteiger partial charge in [0.2, 0.25) is 5.60 Å². The van der Waals surface area contributed by atoms with Gasteiger partial charge in [0.25, 0.3) is 11.8 Å². The molecule has 47 heavy (non-hydrogen) atoms. The number of benzene rings is 3. The zero-order valence-electron chi connectivity index (χ0n) is 27.3. The molecule has 3 aromatic carbocycles. The van der Waals surface area contributed by atoms with E-state index >= 15 is 0 Å². The maximum Gasteiger partial charge on any atom is 0.407 e. The SMILES string of the molecule is Cc1cc2c(cc1C(=O)N(C(C)C)[C@@H]1CCCN(C(=O)O)C1)N(CCNC(=O)OCc1ccccc1)C(=O)[C@](C)(c1ccccc1)O2. The summed E-state index contributed by atoms with van der Waals surface area (Å²) < 4.78 is 11.8. The number of ether oxygens (including phenoxy) is 2. The summed E-state index contributed by atoms with van der Waals surface area (Å²) in [6.07, 6.45) is -0.268. The van der Waals surface area contributed by atoms with Gasteiger partial charge in [-0.25, -0.2) is 9.59 Å². The maximum atomic E-state index is 14.3. The van der Waals surface area contributed by atoms with Gasteiger partial charge in [-0.05, 0) is 63.8 Å². The number of aryl methyl sites for hydroxylation is 1. The van der Waals surface area contributed by atoms with E-state index in [1.54, 1.807) is 28.9 Å². The lowest BCUT2D eigenvalue weighted by Crippen LogP contribution is -2.54. The molecule has 0 spiro atoms. The van der Waals surface area contributed by atoms with Crippen LogP contribution >= 0.6 is 0 Å². The molecule has 3 aromatic rings. The van der Waals surface area contributed by atoms with E-state index in [0.717, 1.165) is 5.56 Å². The van der Waals surface area contributed by atoms with Crippen molar-refractivity contribution in [2.24, 2.45) is 0 Å². The third-order valence-electron chi connectivity index (χ3n) is 8.79. The van der Waals surface area contributed by atoms with E-state index in [1.165, 1.54) is 4.90 Å². The summed E-state index contributed by atoms with van der Waals surface area (Å²) in [4.78, 5) is 57.4. The van der Waals surface area contributed by atoms with Gasteiger partial charge in [0.05, 0.1) is 11.7 Å². The quantitative estimate of drug-likeness (QED) is 0.313. The van der Waals surface area contributed by atoms with Crippen LogP contribution in [0.4, 0.5) is 15.3 Å². The summed E-state index contributed by atoms with van der Waals surface area (Å²) in [5.74, 6) is -0.158. The van der Waals surface area contributed by atoms with Gasteiger partial charge in [-0.3, -0.25) is 9.59 Å². The molecule has 4 amide bonds. The van der Waals surface area contributed by atoms with Crippen molar-refractivity contribution in [1.82, 2.24) is 15.1 Å². The number of anilines is 1. The number of likely N-dealkylation sites (tertiary alicyclic amines) is 1. The second kappa shape index (κ2) is 14.1. The lowest BCUT2D eigenvalue weighted by molar-refractivity contribution is -0.135. The zero-order valence-corrected chi connectivity index (χ0v) is 27.3. The highest BCUT2D eigenvalue weighted by atomic mass is 16.5. The Labute approximate surface area is 275 Å². The van der Waals surface area contributed by atoms with E-state index in [-0.39, 0.29) is 50.1 Å². The van der Waals surface area contributed by atoms with Crippen molar-refractivity contribution in [2.45, 2.75) is 64.8 Å². The molecule has 1 saturated heterocycles. The molecule has 0 aliphatic carbocycles. The number of rotatable bonds is 9. The van der Waals surface area contributed by atoms with E-state index in [2.05, 4.69) is 5.32 Å². The molecule has 0 radical (unpaired) electrons. The third kappa shape index (κ3) is 7.19. The molecule has 248 valence electrons. The summed E-state index contributed by atoms with van der Waals surface area (Å²) in [6, 6.07) is 21.5. The number of nitrogens with zero attached hydrogens (tertiary/aromatic N) is 3. The fourth-order valence-corrected chi connectivity index (χ4v) is 6.34. The average molecular weight is 643 g/mol. The minimum Gasteiger partial charge on any atom is -0.471 e. The fraction of sp³-hybridized carbons (Fsp3) is 0.389. The number of nitrogens with one attached hydrogen (secondary N) is 1. The van der Waals surface area contributed by atoms with Crippen molar-refractivity contribution in [2.75, 3.05) is 31.1 Å². The number of carbonyl (C=O) groups is 4. The standard InChI is InChI=1S/C36H42N4O7/c1-24(2)40(28-16-11-18-38(22-28)35(44)45)32(41)29-21-30-31(20-25(29)3)47-36(4,27-14-9-6-10-15-27)33(42)39(30)19-17-37-34(43)46-23-26-12-7-5-8-13-26/h5-10,12-15,20-21,24,28H,11,16-19,22-23H2,1-4H3,(H,37,43)(H,44,45)/t28-,36+/m1/s1. The van der Waals surface area contributed by atoms with Crippen LogP contribution in [0.2, 0.25) is 0 Å². The second-order valence-electron chi connectivity index (χ2n) is 12.4. The smallest absolute Gasteiger partial charge is 0.407 e. The second-order valence-corrected chi connectivity index (χ2v) is 12.4. The lowest BCUT2D eigenvalue weighted by atomic mass is 9.91. The summed E-state index contributed by atoms with van der Waals surface area (Å²) in [6.45, 7) is 8.34. The van der Waals surface area contributed by atoms with Crippen LogP contribution in [0.3, 0.4) is 0 Å². The van der Waals surface area contributed by atoms with Crippen molar-refractivity contribution in [3.63, 3.8) is 0 Å². The Morgan fingerprint density at radius 3 is 2.43 bits per heavy atom. The van der Waals surface area contributed by atoms with E-state index in [0.29, 0.717) is 47.5 Å². The molecule has 0 bridgehead atoms. The van der Waals surface area contributed by atoms with E-state index in [4.69, 9.17) is 9.47 Å². The molecule has 2 N–H and O–H groups in total. The summed E-state index contributed by atoms with van der Waals surface area (Å²) in [5.41, 5.74) is 1.64. The Kier molecular flexibility index (Phi) is 10.0. The van der Waals surface area contributed by atoms with Crippen LogP contribution in [0.1, 0.15) is 60.7 Å². The highest BCUT2D eigenvalue weighted by Gasteiger charge is 2.46. The summed E-state index contributed by atoms with van der Waals surface area (Å²) >= 11 is 0. The first-order chi connectivity index (χ1) is 22.5. The Balaban J connectivity index is 1.43. The van der Waals surface area contributed by atoms with E-state index in [9.17, 15) is 24.3 Å². The van der Waals surface area contributed by atoms with Gasteiger partial charge in [-0.1, -0.05) is 60.7 Å². The van der Waals surface area contributed by atoms with Crippen molar-refractivity contribution in [1.29, 1.82) is 0 Å². The summed E-state index contributed by atoms with van der Waals surface area (Å²) in [7, 11) is 0. The molecular formula is C36H42N4O7. The van der Waals surface area contributed by atoms with Gasteiger partial charge in [0, 0.05) is 43.3 Å². The largest absolute Gasteiger partial charge is 0.471 e. The molecule has 5 rings (SSSR count). The van der Waals surface area contributed by atoms with Crippen LogP contribution in [0.25, 0.3) is 0 Å². The molecule has 0 unspecified atom stereocenters. The molecule has 2 heterocycles. The molecule has 11 nitrogen and oxygen atoms in total. The van der Waals surface area contributed by atoms with E-state index in [1.807, 2.05) is 81.4 Å². The Bertz CT molecular complexity index is 1610. The van der Waals surface area contributed by atoms with Crippen LogP contribution in [0, 0.1) is 6.92 Å². The van der Waals surface area contributed by atoms with Crippen molar-refractivity contribution in [3.8, 4) is 5.75 Å². The summed E-state index contributed by atoms with van der Waals surface area (Å²) in [5, 5.41) is 12.3. The molecule has 2 aliphatic heterocycles. The Morgan fingerprint density at radius 1 is 1.09 bits per heavy atom. The van der Waals surface area contributed by atoms with Gasteiger partial charge in [-0.15, -0.1) is 0 Å². The van der Waals surface area contributed by atoms with Gasteiger partial charge < -0.3 is 34.6 Å². The average Bonchev–Trinajstić information content (AvgIpc) is 3.06. The zero-order chi connectivity index (χ0) is 33.7. The molecule has 0 aromatic heterocycles. The molecule has 0 saturated carbocycles. The fourth-order valence-electron chi connectivity index (χ4n) is 6.34. The minimum atomic E-state index is -1.35. The number of fused-ring (bicyclic) bond motifs is 1. The molecule has 2 atom stereocenters. The van der Waals surface area contributed by atoms with Crippen LogP contribution in [-0.4, -0.2) is 77.2 Å². The van der Waals surface area contributed by atoms with Crippen LogP contribution in [0.15, 0.2) is 72.8 Å². The van der Waals surface area contributed by atoms with Gasteiger partial charge >= 0.3 is 12.2 Å². The number of hydrogen-bond donors (Lipinski definition) is 2. The lowest BCUT2D eigenvalue weighted by Gasteiger charge is -2.42. The Morgan fingerprint density at radius 2 is 1.77 bits per heavy atom.